The van der Waals surface area contributed by atoms with E-state index in [4.69, 9.17) is 0 Å². The molecular formula is C24H30BrN7O2. The first-order valence-corrected chi connectivity index (χ1v) is 12.6. The van der Waals surface area contributed by atoms with Crippen molar-refractivity contribution in [2.75, 3.05) is 80.7 Å². The number of carbonyl (C=O) groups excluding carboxylic acids is 2. The summed E-state index contributed by atoms with van der Waals surface area (Å²) in [6.45, 7) is 7.12. The smallest absolute Gasteiger partial charge is 0.228 e. The van der Waals surface area contributed by atoms with Gasteiger partial charge in [0, 0.05) is 75.5 Å². The molecule has 4 heterocycles. The minimum Gasteiger partial charge on any atom is -0.353 e. The molecule has 3 aliphatic heterocycles. The number of nitrogens with zero attached hydrogens (tertiary/aromatic N) is 7. The first-order valence-electron chi connectivity index (χ1n) is 11.8. The first-order chi connectivity index (χ1) is 16.5. The molecule has 3 aliphatic rings. The van der Waals surface area contributed by atoms with Crippen LogP contribution in [-0.2, 0) is 9.59 Å². The molecule has 2 amide bonds. The number of benzene rings is 1. The Balaban J connectivity index is 1.15. The maximum atomic E-state index is 13.2. The highest BCUT2D eigenvalue weighted by Gasteiger charge is 2.38. The Labute approximate surface area is 208 Å². The number of halogens is 1. The number of hydrogen-bond donors (Lipinski definition) is 0. The van der Waals surface area contributed by atoms with Gasteiger partial charge in [-0.25, -0.2) is 0 Å². The van der Waals surface area contributed by atoms with E-state index in [1.807, 2.05) is 41.3 Å². The Bertz CT molecular complexity index is 1030. The standard InChI is InChI=1S/C24H30BrN7O2/c1-28-7-9-29(10-8-28)21-5-6-22(27-26-21)30-11-13-31(14-12-30)24(34)18-15-23(33)32(17-18)20-4-2-3-19(25)16-20/h2-6,16,18H,7-15,17H2,1H3. The lowest BCUT2D eigenvalue weighted by Gasteiger charge is -2.36. The third-order valence-electron chi connectivity index (χ3n) is 6.97. The Morgan fingerprint density at radius 1 is 0.912 bits per heavy atom. The minimum atomic E-state index is -0.291. The second-order valence-electron chi connectivity index (χ2n) is 9.24. The first kappa shape index (κ1) is 23.0. The summed E-state index contributed by atoms with van der Waals surface area (Å²) in [6.07, 6.45) is 0.269. The van der Waals surface area contributed by atoms with Crippen LogP contribution in [0.2, 0.25) is 0 Å². The molecular weight excluding hydrogens is 498 g/mol. The molecule has 3 fully saturated rings. The van der Waals surface area contributed by atoms with Crippen LogP contribution in [0.5, 0.6) is 0 Å². The van der Waals surface area contributed by atoms with Crippen molar-refractivity contribution in [3.63, 3.8) is 0 Å². The van der Waals surface area contributed by atoms with E-state index in [-0.39, 0.29) is 24.2 Å². The zero-order chi connectivity index (χ0) is 23.7. The molecule has 1 atom stereocenters. The Hall–Kier alpha value is -2.72. The van der Waals surface area contributed by atoms with E-state index in [1.54, 1.807) is 4.90 Å². The molecule has 1 unspecified atom stereocenters. The van der Waals surface area contributed by atoms with E-state index in [1.165, 1.54) is 0 Å². The molecule has 0 bridgehead atoms. The van der Waals surface area contributed by atoms with E-state index in [0.717, 1.165) is 48.0 Å². The van der Waals surface area contributed by atoms with Gasteiger partial charge >= 0.3 is 0 Å². The van der Waals surface area contributed by atoms with Gasteiger partial charge in [-0.15, -0.1) is 10.2 Å². The van der Waals surface area contributed by atoms with Crippen molar-refractivity contribution in [3.05, 3.63) is 40.9 Å². The van der Waals surface area contributed by atoms with Crippen LogP contribution in [0.1, 0.15) is 6.42 Å². The molecule has 180 valence electrons. The van der Waals surface area contributed by atoms with Crippen LogP contribution in [0.3, 0.4) is 0 Å². The summed E-state index contributed by atoms with van der Waals surface area (Å²) in [4.78, 5) is 36.1. The summed E-state index contributed by atoms with van der Waals surface area (Å²) in [6, 6.07) is 11.7. The molecule has 0 N–H and O–H groups in total. The van der Waals surface area contributed by atoms with Crippen molar-refractivity contribution < 1.29 is 9.59 Å². The Kier molecular flexibility index (Phi) is 6.69. The number of likely N-dealkylation sites (N-methyl/N-ethyl adjacent to an activating group) is 1. The molecule has 0 radical (unpaired) electrons. The van der Waals surface area contributed by atoms with Crippen molar-refractivity contribution in [2.24, 2.45) is 5.92 Å². The van der Waals surface area contributed by atoms with Crippen LogP contribution in [0.4, 0.5) is 17.3 Å². The SMILES string of the molecule is CN1CCN(c2ccc(N3CCN(C(=O)C4CC(=O)N(c5cccc(Br)c5)C4)CC3)nn2)CC1. The van der Waals surface area contributed by atoms with Gasteiger partial charge in [-0.2, -0.15) is 0 Å². The summed E-state index contributed by atoms with van der Waals surface area (Å²) in [7, 11) is 2.14. The van der Waals surface area contributed by atoms with Crippen LogP contribution in [0.25, 0.3) is 0 Å². The van der Waals surface area contributed by atoms with Crippen molar-refractivity contribution >= 4 is 45.1 Å². The minimum absolute atomic E-state index is 0.00537. The average molecular weight is 528 g/mol. The van der Waals surface area contributed by atoms with Gasteiger partial charge in [-0.05, 0) is 37.4 Å². The number of hydrogen-bond acceptors (Lipinski definition) is 7. The van der Waals surface area contributed by atoms with Gasteiger partial charge in [-0.1, -0.05) is 22.0 Å². The largest absolute Gasteiger partial charge is 0.353 e. The number of rotatable bonds is 4. The number of piperazine rings is 2. The molecule has 0 aliphatic carbocycles. The molecule has 9 nitrogen and oxygen atoms in total. The number of amides is 2. The van der Waals surface area contributed by atoms with E-state index < -0.39 is 0 Å². The van der Waals surface area contributed by atoms with Crippen molar-refractivity contribution in [3.8, 4) is 0 Å². The number of anilines is 3. The molecule has 2 aromatic rings. The molecule has 3 saturated heterocycles. The third-order valence-corrected chi connectivity index (χ3v) is 7.47. The second kappa shape index (κ2) is 9.87. The van der Waals surface area contributed by atoms with Crippen molar-refractivity contribution in [2.45, 2.75) is 6.42 Å². The van der Waals surface area contributed by atoms with E-state index in [9.17, 15) is 9.59 Å². The van der Waals surface area contributed by atoms with E-state index in [0.29, 0.717) is 32.7 Å². The molecule has 0 spiro atoms. The van der Waals surface area contributed by atoms with Gasteiger partial charge in [-0.3, -0.25) is 9.59 Å². The summed E-state index contributed by atoms with van der Waals surface area (Å²) < 4.78 is 0.920. The zero-order valence-electron chi connectivity index (χ0n) is 19.4. The third kappa shape index (κ3) is 4.88. The fraction of sp³-hybridized carbons (Fsp3) is 0.500. The van der Waals surface area contributed by atoms with Gasteiger partial charge in [0.15, 0.2) is 11.6 Å². The predicted octanol–water partition coefficient (Wildman–Crippen LogP) is 1.69. The molecule has 1 aromatic carbocycles. The highest BCUT2D eigenvalue weighted by molar-refractivity contribution is 9.10. The van der Waals surface area contributed by atoms with Gasteiger partial charge in [0.1, 0.15) is 0 Å². The summed E-state index contributed by atoms with van der Waals surface area (Å²) in [5, 5.41) is 8.93. The van der Waals surface area contributed by atoms with Gasteiger partial charge in [0.2, 0.25) is 11.8 Å². The lowest BCUT2D eigenvalue weighted by atomic mass is 10.1. The average Bonchev–Trinajstić information content (AvgIpc) is 3.26. The number of aromatic nitrogens is 2. The summed E-state index contributed by atoms with van der Waals surface area (Å²) >= 11 is 3.46. The fourth-order valence-electron chi connectivity index (χ4n) is 4.87. The molecule has 5 rings (SSSR count). The lowest BCUT2D eigenvalue weighted by molar-refractivity contribution is -0.136. The van der Waals surface area contributed by atoms with Crippen LogP contribution in [-0.4, -0.2) is 97.8 Å². The van der Waals surface area contributed by atoms with Crippen molar-refractivity contribution in [1.29, 1.82) is 0 Å². The Morgan fingerprint density at radius 2 is 1.53 bits per heavy atom. The summed E-state index contributed by atoms with van der Waals surface area (Å²) in [5.74, 6) is 1.56. The van der Waals surface area contributed by atoms with Crippen LogP contribution in [0.15, 0.2) is 40.9 Å². The quantitative estimate of drug-likeness (QED) is 0.598. The molecule has 1 aromatic heterocycles. The summed E-state index contributed by atoms with van der Waals surface area (Å²) in [5.41, 5.74) is 0.832. The Morgan fingerprint density at radius 3 is 2.12 bits per heavy atom. The van der Waals surface area contributed by atoms with E-state index in [2.05, 4.69) is 47.9 Å². The lowest BCUT2D eigenvalue weighted by Crippen LogP contribution is -2.51. The normalized spacial score (nSPS) is 21.9. The van der Waals surface area contributed by atoms with Crippen LogP contribution in [0, 0.1) is 5.92 Å². The highest BCUT2D eigenvalue weighted by atomic mass is 79.9. The molecule has 34 heavy (non-hydrogen) atoms. The number of carbonyl (C=O) groups is 2. The highest BCUT2D eigenvalue weighted by Crippen LogP contribution is 2.28. The van der Waals surface area contributed by atoms with Gasteiger partial charge in [0.25, 0.3) is 0 Å². The van der Waals surface area contributed by atoms with Crippen molar-refractivity contribution in [1.82, 2.24) is 20.0 Å². The fourth-order valence-corrected chi connectivity index (χ4v) is 5.26. The topological polar surface area (TPSA) is 76.1 Å². The zero-order valence-corrected chi connectivity index (χ0v) is 21.0. The maximum absolute atomic E-state index is 13.2. The second-order valence-corrected chi connectivity index (χ2v) is 10.2. The predicted molar refractivity (Wildman–Crippen MR) is 135 cm³/mol. The molecule has 10 heteroatoms. The van der Waals surface area contributed by atoms with Gasteiger partial charge in [0.05, 0.1) is 5.92 Å². The maximum Gasteiger partial charge on any atom is 0.228 e. The van der Waals surface area contributed by atoms with E-state index >= 15 is 0 Å². The van der Waals surface area contributed by atoms with Crippen LogP contribution >= 0.6 is 15.9 Å². The monoisotopic (exact) mass is 527 g/mol. The molecule has 0 saturated carbocycles. The van der Waals surface area contributed by atoms with Gasteiger partial charge < -0.3 is 24.5 Å². The van der Waals surface area contributed by atoms with Crippen LogP contribution < -0.4 is 14.7 Å².